The van der Waals surface area contributed by atoms with Gasteiger partial charge in [0.25, 0.3) is 5.91 Å². The molecule has 0 atom stereocenters. The molecule has 146 valence electrons. The molecule has 0 aliphatic rings. The largest absolute Gasteiger partial charge is 0.497 e. The number of methoxy groups -OCH3 is 1. The predicted octanol–water partition coefficient (Wildman–Crippen LogP) is 1.99. The first-order valence-electron chi connectivity index (χ1n) is 8.98. The molecule has 0 radical (unpaired) electrons. The third kappa shape index (κ3) is 7.26. The zero-order valence-electron chi connectivity index (χ0n) is 16.0. The number of aliphatic imine (C=N–C) groups is 1. The maximum absolute atomic E-state index is 12.2. The Morgan fingerprint density at radius 1 is 1.26 bits per heavy atom. The molecule has 1 aromatic heterocycles. The summed E-state index contributed by atoms with van der Waals surface area (Å²) >= 11 is 1.70. The van der Waals surface area contributed by atoms with Crippen LogP contribution in [0.1, 0.15) is 27.2 Å². The van der Waals surface area contributed by atoms with E-state index in [4.69, 9.17) is 4.74 Å². The SMILES string of the molecule is CCNC(=NCCc1ncc(C)s1)NCCNC(=O)c1cccc(OC)c1. The lowest BCUT2D eigenvalue weighted by Crippen LogP contribution is -2.41. The van der Waals surface area contributed by atoms with E-state index in [2.05, 4.69) is 32.9 Å². The van der Waals surface area contributed by atoms with Crippen LogP contribution < -0.4 is 20.7 Å². The summed E-state index contributed by atoms with van der Waals surface area (Å²) in [6, 6.07) is 7.09. The summed E-state index contributed by atoms with van der Waals surface area (Å²) < 4.78 is 5.14. The number of nitrogens with zero attached hydrogens (tertiary/aromatic N) is 2. The number of carbonyl (C=O) groups is 1. The first kappa shape index (κ1) is 20.7. The van der Waals surface area contributed by atoms with Crippen molar-refractivity contribution in [3.63, 3.8) is 0 Å². The van der Waals surface area contributed by atoms with Crippen LogP contribution in [-0.2, 0) is 6.42 Å². The summed E-state index contributed by atoms with van der Waals surface area (Å²) in [5, 5.41) is 10.4. The van der Waals surface area contributed by atoms with E-state index in [1.165, 1.54) is 4.88 Å². The van der Waals surface area contributed by atoms with Crippen molar-refractivity contribution in [1.29, 1.82) is 0 Å². The number of aromatic nitrogens is 1. The van der Waals surface area contributed by atoms with Crippen LogP contribution in [0.5, 0.6) is 5.75 Å². The number of guanidine groups is 1. The van der Waals surface area contributed by atoms with Gasteiger partial charge in [-0.3, -0.25) is 9.79 Å². The van der Waals surface area contributed by atoms with Gasteiger partial charge in [0.2, 0.25) is 0 Å². The van der Waals surface area contributed by atoms with Gasteiger partial charge >= 0.3 is 0 Å². The summed E-state index contributed by atoms with van der Waals surface area (Å²) in [5.74, 6) is 1.27. The molecule has 0 saturated carbocycles. The third-order valence-corrected chi connectivity index (χ3v) is 4.62. The molecular weight excluding hydrogens is 362 g/mol. The molecule has 27 heavy (non-hydrogen) atoms. The fourth-order valence-corrected chi connectivity index (χ4v) is 3.12. The fourth-order valence-electron chi connectivity index (χ4n) is 2.35. The second kappa shape index (κ2) is 11.2. The molecule has 1 aromatic carbocycles. The number of hydrogen-bond donors (Lipinski definition) is 3. The van der Waals surface area contributed by atoms with E-state index < -0.39 is 0 Å². The number of hydrogen-bond acceptors (Lipinski definition) is 5. The van der Waals surface area contributed by atoms with Gasteiger partial charge in [-0.1, -0.05) is 6.07 Å². The second-order valence-electron chi connectivity index (χ2n) is 5.79. The highest BCUT2D eigenvalue weighted by atomic mass is 32.1. The molecular formula is C19H27N5O2S. The number of amides is 1. The van der Waals surface area contributed by atoms with Gasteiger partial charge in [-0.2, -0.15) is 0 Å². The van der Waals surface area contributed by atoms with Gasteiger partial charge in [0.1, 0.15) is 5.75 Å². The average molecular weight is 390 g/mol. The molecule has 1 amide bonds. The summed E-state index contributed by atoms with van der Waals surface area (Å²) in [7, 11) is 1.58. The average Bonchev–Trinajstić information content (AvgIpc) is 3.10. The summed E-state index contributed by atoms with van der Waals surface area (Å²) in [4.78, 5) is 22.3. The maximum Gasteiger partial charge on any atom is 0.251 e. The third-order valence-electron chi connectivity index (χ3n) is 3.64. The van der Waals surface area contributed by atoms with Gasteiger partial charge in [0.15, 0.2) is 5.96 Å². The minimum atomic E-state index is -0.128. The molecule has 8 heteroatoms. The Bertz CT molecular complexity index is 760. The van der Waals surface area contributed by atoms with Crippen LogP contribution in [0.2, 0.25) is 0 Å². The van der Waals surface area contributed by atoms with Crippen molar-refractivity contribution in [2.75, 3.05) is 33.3 Å². The van der Waals surface area contributed by atoms with E-state index in [0.717, 1.165) is 23.9 Å². The number of benzene rings is 1. The first-order chi connectivity index (χ1) is 13.1. The zero-order chi connectivity index (χ0) is 19.5. The van der Waals surface area contributed by atoms with Crippen molar-refractivity contribution in [3.05, 3.63) is 45.9 Å². The van der Waals surface area contributed by atoms with E-state index in [0.29, 0.717) is 30.9 Å². The molecule has 7 nitrogen and oxygen atoms in total. The molecule has 3 N–H and O–H groups in total. The van der Waals surface area contributed by atoms with Gasteiger partial charge in [0, 0.05) is 49.2 Å². The summed E-state index contributed by atoms with van der Waals surface area (Å²) in [5.41, 5.74) is 0.577. The molecule has 0 aliphatic heterocycles. The topological polar surface area (TPSA) is 87.6 Å². The van der Waals surface area contributed by atoms with Crippen LogP contribution in [0, 0.1) is 6.92 Å². The smallest absolute Gasteiger partial charge is 0.251 e. The Morgan fingerprint density at radius 2 is 2.07 bits per heavy atom. The number of carbonyl (C=O) groups excluding carboxylic acids is 1. The molecule has 2 aromatic rings. The van der Waals surface area contributed by atoms with Crippen molar-refractivity contribution in [1.82, 2.24) is 20.9 Å². The standard InChI is InChI=1S/C19H27N5O2S/c1-4-20-19(22-9-8-17-24-13-14(2)27-17)23-11-10-21-18(25)15-6-5-7-16(12-15)26-3/h5-7,12-13H,4,8-11H2,1-3H3,(H,21,25)(H2,20,22,23). The molecule has 0 bridgehead atoms. The second-order valence-corrected chi connectivity index (χ2v) is 7.11. The van der Waals surface area contributed by atoms with Crippen LogP contribution in [0.3, 0.4) is 0 Å². The van der Waals surface area contributed by atoms with Gasteiger partial charge in [-0.15, -0.1) is 11.3 Å². The Morgan fingerprint density at radius 3 is 2.78 bits per heavy atom. The Labute approximate surface area is 164 Å². The quantitative estimate of drug-likeness (QED) is 0.347. The zero-order valence-corrected chi connectivity index (χ0v) is 16.9. The monoisotopic (exact) mass is 389 g/mol. The fraction of sp³-hybridized carbons (Fsp3) is 0.421. The van der Waals surface area contributed by atoms with Crippen molar-refractivity contribution in [2.45, 2.75) is 20.3 Å². The number of ether oxygens (including phenoxy) is 1. The highest BCUT2D eigenvalue weighted by Crippen LogP contribution is 2.12. The number of rotatable bonds is 9. The Balaban J connectivity index is 1.74. The van der Waals surface area contributed by atoms with Crippen molar-refractivity contribution >= 4 is 23.2 Å². The lowest BCUT2D eigenvalue weighted by Gasteiger charge is -2.12. The summed E-state index contributed by atoms with van der Waals surface area (Å²) in [6.07, 6.45) is 2.71. The number of aryl methyl sites for hydroxylation is 1. The highest BCUT2D eigenvalue weighted by molar-refractivity contribution is 7.11. The summed E-state index contributed by atoms with van der Waals surface area (Å²) in [6.45, 7) is 6.59. The Hall–Kier alpha value is -2.61. The normalized spacial score (nSPS) is 11.1. The number of thiazole rings is 1. The van der Waals surface area contributed by atoms with Gasteiger partial charge < -0.3 is 20.7 Å². The minimum Gasteiger partial charge on any atom is -0.497 e. The van der Waals surface area contributed by atoms with E-state index in [9.17, 15) is 4.79 Å². The molecule has 0 fully saturated rings. The van der Waals surface area contributed by atoms with Crippen LogP contribution in [0.15, 0.2) is 35.5 Å². The number of nitrogens with one attached hydrogen (secondary N) is 3. The van der Waals surface area contributed by atoms with Crippen molar-refractivity contribution in [3.8, 4) is 5.75 Å². The Kier molecular flexibility index (Phi) is 8.57. The van der Waals surface area contributed by atoms with Gasteiger partial charge in [-0.25, -0.2) is 4.98 Å². The van der Waals surface area contributed by atoms with Crippen LogP contribution in [0.4, 0.5) is 0 Å². The van der Waals surface area contributed by atoms with E-state index in [1.807, 2.05) is 19.2 Å². The molecule has 0 spiro atoms. The molecule has 0 unspecified atom stereocenters. The lowest BCUT2D eigenvalue weighted by molar-refractivity contribution is 0.0954. The van der Waals surface area contributed by atoms with E-state index in [-0.39, 0.29) is 5.91 Å². The maximum atomic E-state index is 12.2. The first-order valence-corrected chi connectivity index (χ1v) is 9.79. The van der Waals surface area contributed by atoms with Gasteiger partial charge in [0.05, 0.1) is 12.1 Å². The minimum absolute atomic E-state index is 0.128. The molecule has 2 rings (SSSR count). The van der Waals surface area contributed by atoms with Gasteiger partial charge in [-0.05, 0) is 32.0 Å². The van der Waals surface area contributed by atoms with Crippen LogP contribution in [-0.4, -0.2) is 50.1 Å². The van der Waals surface area contributed by atoms with E-state index in [1.54, 1.807) is 36.6 Å². The molecule has 0 saturated heterocycles. The van der Waals surface area contributed by atoms with Crippen LogP contribution in [0.25, 0.3) is 0 Å². The van der Waals surface area contributed by atoms with E-state index >= 15 is 0 Å². The molecule has 0 aliphatic carbocycles. The van der Waals surface area contributed by atoms with Crippen molar-refractivity contribution in [2.24, 2.45) is 4.99 Å². The van der Waals surface area contributed by atoms with Crippen LogP contribution >= 0.6 is 11.3 Å². The van der Waals surface area contributed by atoms with Crippen molar-refractivity contribution < 1.29 is 9.53 Å². The highest BCUT2D eigenvalue weighted by Gasteiger charge is 2.06. The lowest BCUT2D eigenvalue weighted by atomic mass is 10.2. The predicted molar refractivity (Wildman–Crippen MR) is 110 cm³/mol. The molecule has 1 heterocycles.